The van der Waals surface area contributed by atoms with Crippen LogP contribution >= 0.6 is 0 Å². The molecule has 0 amide bonds. The molecule has 4 aromatic rings. The number of allylic oxidation sites excluding steroid dienone is 3. The first-order valence-corrected chi connectivity index (χ1v) is 11.2. The van der Waals surface area contributed by atoms with Crippen LogP contribution in [0.4, 0.5) is 0 Å². The quantitative estimate of drug-likeness (QED) is 0.299. The standard InChI is InChI=1S/C30H27N3/c1-4-13-25(14-5-1)19-10-22-28-29(23-11-20-26-15-6-2-7-16-26)31-33-32-30(28)24-12-21-27-17-8-3-9-18-27/h1-21H,22-24H2/b19-10+,20-11+,21-12+. The van der Waals surface area contributed by atoms with Crippen LogP contribution < -0.4 is 0 Å². The van der Waals surface area contributed by atoms with Crippen molar-refractivity contribution in [2.24, 2.45) is 0 Å². The van der Waals surface area contributed by atoms with Gasteiger partial charge in [-0.2, -0.15) is 0 Å². The maximum absolute atomic E-state index is 4.39. The predicted molar refractivity (Wildman–Crippen MR) is 137 cm³/mol. The van der Waals surface area contributed by atoms with Crippen LogP contribution in [0, 0.1) is 0 Å². The average Bonchev–Trinajstić information content (AvgIpc) is 2.87. The van der Waals surface area contributed by atoms with Gasteiger partial charge in [-0.1, -0.05) is 127 Å². The van der Waals surface area contributed by atoms with Gasteiger partial charge in [0.15, 0.2) is 0 Å². The zero-order chi connectivity index (χ0) is 22.6. The topological polar surface area (TPSA) is 38.7 Å². The Labute approximate surface area is 195 Å². The second-order valence-corrected chi connectivity index (χ2v) is 7.71. The van der Waals surface area contributed by atoms with E-state index in [1.165, 1.54) is 16.7 Å². The highest BCUT2D eigenvalue weighted by Crippen LogP contribution is 2.16. The lowest BCUT2D eigenvalue weighted by Gasteiger charge is -2.08. The van der Waals surface area contributed by atoms with Crippen LogP contribution in [0.3, 0.4) is 0 Å². The highest BCUT2D eigenvalue weighted by atomic mass is 15.3. The van der Waals surface area contributed by atoms with E-state index in [9.17, 15) is 0 Å². The van der Waals surface area contributed by atoms with Crippen molar-refractivity contribution in [3.63, 3.8) is 0 Å². The summed E-state index contributed by atoms with van der Waals surface area (Å²) in [6, 6.07) is 30.9. The van der Waals surface area contributed by atoms with Crippen LogP contribution in [0.25, 0.3) is 18.2 Å². The summed E-state index contributed by atoms with van der Waals surface area (Å²) in [6.45, 7) is 0. The maximum atomic E-state index is 4.39. The summed E-state index contributed by atoms with van der Waals surface area (Å²) in [4.78, 5) is 0. The van der Waals surface area contributed by atoms with Gasteiger partial charge in [-0.3, -0.25) is 0 Å². The number of benzene rings is 3. The number of rotatable bonds is 9. The van der Waals surface area contributed by atoms with E-state index in [2.05, 4.69) is 100 Å². The Bertz CT molecular complexity index is 1140. The molecule has 0 spiro atoms. The third-order valence-electron chi connectivity index (χ3n) is 5.30. The van der Waals surface area contributed by atoms with Crippen LogP contribution in [0.1, 0.15) is 33.6 Å². The van der Waals surface area contributed by atoms with E-state index in [0.717, 1.165) is 23.4 Å². The summed E-state index contributed by atoms with van der Waals surface area (Å²) in [6.07, 6.45) is 15.1. The molecule has 0 bridgehead atoms. The molecule has 0 saturated heterocycles. The summed E-state index contributed by atoms with van der Waals surface area (Å²) < 4.78 is 0. The Morgan fingerprint density at radius 1 is 0.455 bits per heavy atom. The Morgan fingerprint density at radius 2 is 0.818 bits per heavy atom. The molecule has 162 valence electrons. The molecule has 3 heteroatoms. The summed E-state index contributed by atoms with van der Waals surface area (Å²) in [5, 5.41) is 12.9. The molecule has 0 atom stereocenters. The lowest BCUT2D eigenvalue weighted by molar-refractivity contribution is 0.769. The Hall–Kier alpha value is -4.11. The summed E-state index contributed by atoms with van der Waals surface area (Å²) in [5.41, 5.74) is 6.62. The van der Waals surface area contributed by atoms with Crippen molar-refractivity contribution in [2.45, 2.75) is 19.3 Å². The smallest absolute Gasteiger partial charge is 0.0740 e. The monoisotopic (exact) mass is 429 g/mol. The van der Waals surface area contributed by atoms with Crippen LogP contribution in [0.2, 0.25) is 0 Å². The van der Waals surface area contributed by atoms with Crippen LogP contribution in [-0.4, -0.2) is 15.4 Å². The number of hydrogen-bond acceptors (Lipinski definition) is 3. The van der Waals surface area contributed by atoms with E-state index >= 15 is 0 Å². The van der Waals surface area contributed by atoms with Gasteiger partial charge in [0.2, 0.25) is 0 Å². The molecule has 4 rings (SSSR count). The lowest BCUT2D eigenvalue weighted by Crippen LogP contribution is -2.07. The zero-order valence-corrected chi connectivity index (χ0v) is 18.6. The highest BCUT2D eigenvalue weighted by Gasteiger charge is 2.10. The minimum absolute atomic E-state index is 0.717. The fourth-order valence-corrected chi connectivity index (χ4v) is 3.60. The van der Waals surface area contributed by atoms with Crippen LogP contribution in [-0.2, 0) is 19.3 Å². The van der Waals surface area contributed by atoms with Crippen molar-refractivity contribution in [3.05, 3.63) is 143 Å². The molecule has 3 nitrogen and oxygen atoms in total. The van der Waals surface area contributed by atoms with Gasteiger partial charge in [-0.05, 0) is 28.3 Å². The van der Waals surface area contributed by atoms with E-state index in [1.54, 1.807) is 0 Å². The molecule has 1 aromatic heterocycles. The van der Waals surface area contributed by atoms with Crippen molar-refractivity contribution < 1.29 is 0 Å². The van der Waals surface area contributed by atoms with E-state index in [1.807, 2.05) is 42.5 Å². The first-order chi connectivity index (χ1) is 16.4. The van der Waals surface area contributed by atoms with Gasteiger partial charge in [0.25, 0.3) is 0 Å². The maximum Gasteiger partial charge on any atom is 0.0740 e. The van der Waals surface area contributed by atoms with Crippen molar-refractivity contribution >= 4 is 18.2 Å². The first kappa shape index (κ1) is 22.1. The Balaban J connectivity index is 1.54. The van der Waals surface area contributed by atoms with Crippen molar-refractivity contribution in [2.75, 3.05) is 0 Å². The van der Waals surface area contributed by atoms with Crippen LogP contribution in [0.5, 0.6) is 0 Å². The van der Waals surface area contributed by atoms with Crippen molar-refractivity contribution in [1.29, 1.82) is 0 Å². The van der Waals surface area contributed by atoms with Crippen molar-refractivity contribution in [3.8, 4) is 0 Å². The molecule has 0 aliphatic rings. The summed E-state index contributed by atoms with van der Waals surface area (Å²) in [7, 11) is 0. The van der Waals surface area contributed by atoms with Gasteiger partial charge in [-0.15, -0.1) is 10.2 Å². The molecule has 0 aliphatic carbocycles. The summed E-state index contributed by atoms with van der Waals surface area (Å²) in [5.74, 6) is 0. The highest BCUT2D eigenvalue weighted by molar-refractivity contribution is 5.52. The second kappa shape index (κ2) is 12.1. The third-order valence-corrected chi connectivity index (χ3v) is 5.30. The zero-order valence-electron chi connectivity index (χ0n) is 18.6. The summed E-state index contributed by atoms with van der Waals surface area (Å²) >= 11 is 0. The normalized spacial score (nSPS) is 11.6. The predicted octanol–water partition coefficient (Wildman–Crippen LogP) is 6.64. The van der Waals surface area contributed by atoms with E-state index in [-0.39, 0.29) is 0 Å². The molecule has 0 aliphatic heterocycles. The molecule has 33 heavy (non-hydrogen) atoms. The van der Waals surface area contributed by atoms with E-state index in [0.29, 0.717) is 12.8 Å². The first-order valence-electron chi connectivity index (χ1n) is 11.2. The minimum atomic E-state index is 0.717. The molecule has 0 unspecified atom stereocenters. The van der Waals surface area contributed by atoms with Gasteiger partial charge < -0.3 is 0 Å². The molecule has 0 radical (unpaired) electrons. The third kappa shape index (κ3) is 6.94. The largest absolute Gasteiger partial charge is 0.135 e. The second-order valence-electron chi connectivity index (χ2n) is 7.71. The number of nitrogens with zero attached hydrogens (tertiary/aromatic N) is 3. The molecule has 0 fully saturated rings. The molecular weight excluding hydrogens is 402 g/mol. The van der Waals surface area contributed by atoms with Gasteiger partial charge in [0.05, 0.1) is 11.4 Å². The lowest BCUT2D eigenvalue weighted by atomic mass is 10.0. The van der Waals surface area contributed by atoms with Gasteiger partial charge in [0, 0.05) is 18.4 Å². The van der Waals surface area contributed by atoms with Gasteiger partial charge in [-0.25, -0.2) is 0 Å². The fraction of sp³-hybridized carbons (Fsp3) is 0.100. The molecule has 3 aromatic carbocycles. The van der Waals surface area contributed by atoms with Crippen LogP contribution in [0.15, 0.2) is 109 Å². The molecule has 0 N–H and O–H groups in total. The van der Waals surface area contributed by atoms with Crippen molar-refractivity contribution in [1.82, 2.24) is 15.4 Å². The average molecular weight is 430 g/mol. The van der Waals surface area contributed by atoms with Gasteiger partial charge >= 0.3 is 0 Å². The Morgan fingerprint density at radius 3 is 1.21 bits per heavy atom. The molecule has 1 heterocycles. The number of hydrogen-bond donors (Lipinski definition) is 0. The molecule has 0 saturated carbocycles. The van der Waals surface area contributed by atoms with E-state index in [4.69, 9.17) is 0 Å². The molecular formula is C30H27N3. The fourth-order valence-electron chi connectivity index (χ4n) is 3.60. The Kier molecular flexibility index (Phi) is 8.08. The number of aromatic nitrogens is 3. The van der Waals surface area contributed by atoms with E-state index < -0.39 is 0 Å². The minimum Gasteiger partial charge on any atom is -0.135 e. The van der Waals surface area contributed by atoms with Gasteiger partial charge in [0.1, 0.15) is 0 Å². The SMILES string of the molecule is C(=C\c1ccccc1)/Cc1nnnc(C/C=C/c2ccccc2)c1C/C=C/c1ccccc1.